The SMILES string of the molecule is Cc1c(O)cc(O[Si](C(C)C)(C(C)C)C(C)C)cc1O[Si](C(C)C)(C(C)C)C(C)C. The second-order valence-electron chi connectivity index (χ2n) is 10.9. The first-order chi connectivity index (χ1) is 13.6. The molecule has 0 aliphatic rings. The molecule has 0 heterocycles. The number of phenols is 1. The van der Waals surface area contributed by atoms with Crippen LogP contribution in [0, 0.1) is 6.92 Å². The Morgan fingerprint density at radius 2 is 0.933 bits per heavy atom. The number of hydrogen-bond acceptors (Lipinski definition) is 3. The van der Waals surface area contributed by atoms with Crippen LogP contribution in [0.5, 0.6) is 17.2 Å². The van der Waals surface area contributed by atoms with Gasteiger partial charge in [0, 0.05) is 17.7 Å². The van der Waals surface area contributed by atoms with Crippen molar-refractivity contribution >= 4 is 16.6 Å². The van der Waals surface area contributed by atoms with Gasteiger partial charge in [0.1, 0.15) is 17.2 Å². The molecular weight excluding hydrogens is 404 g/mol. The smallest absolute Gasteiger partial charge is 0.258 e. The second kappa shape index (κ2) is 10.1. The van der Waals surface area contributed by atoms with Crippen LogP contribution in [0.25, 0.3) is 0 Å². The van der Waals surface area contributed by atoms with Crippen LogP contribution in [-0.4, -0.2) is 21.7 Å². The lowest BCUT2D eigenvalue weighted by Gasteiger charge is -2.43. The summed E-state index contributed by atoms with van der Waals surface area (Å²) in [5.74, 6) is 1.82. The number of benzene rings is 1. The zero-order chi connectivity index (χ0) is 23.6. The van der Waals surface area contributed by atoms with Gasteiger partial charge in [-0.3, -0.25) is 0 Å². The van der Waals surface area contributed by atoms with Crippen LogP contribution in [0.4, 0.5) is 0 Å². The molecule has 3 nitrogen and oxygen atoms in total. The van der Waals surface area contributed by atoms with Crippen molar-refractivity contribution in [2.75, 3.05) is 0 Å². The van der Waals surface area contributed by atoms with Gasteiger partial charge in [0.15, 0.2) is 0 Å². The molecule has 1 aromatic rings. The van der Waals surface area contributed by atoms with Crippen molar-refractivity contribution in [2.24, 2.45) is 0 Å². The van der Waals surface area contributed by atoms with Gasteiger partial charge < -0.3 is 14.0 Å². The monoisotopic (exact) mass is 452 g/mol. The number of phenolic OH excluding ortho intramolecular Hbond substituents is 1. The van der Waals surface area contributed by atoms with E-state index in [4.69, 9.17) is 8.85 Å². The first-order valence-corrected chi connectivity index (χ1v) is 16.1. The minimum Gasteiger partial charge on any atom is -0.543 e. The molecule has 0 aromatic heterocycles. The Morgan fingerprint density at radius 3 is 1.27 bits per heavy atom. The van der Waals surface area contributed by atoms with Crippen LogP contribution in [0.2, 0.25) is 33.2 Å². The highest BCUT2D eigenvalue weighted by Crippen LogP contribution is 2.47. The van der Waals surface area contributed by atoms with Crippen LogP contribution in [0.3, 0.4) is 0 Å². The maximum atomic E-state index is 10.8. The summed E-state index contributed by atoms with van der Waals surface area (Å²) in [6, 6.07) is 3.85. The molecule has 30 heavy (non-hydrogen) atoms. The van der Waals surface area contributed by atoms with Crippen molar-refractivity contribution in [3.8, 4) is 17.2 Å². The first-order valence-electron chi connectivity index (χ1n) is 11.9. The summed E-state index contributed by atoms with van der Waals surface area (Å²) in [6.07, 6.45) is 0. The molecule has 0 spiro atoms. The van der Waals surface area contributed by atoms with Crippen molar-refractivity contribution in [1.82, 2.24) is 0 Å². The Morgan fingerprint density at radius 1 is 0.600 bits per heavy atom. The predicted molar refractivity (Wildman–Crippen MR) is 136 cm³/mol. The third kappa shape index (κ3) is 4.93. The molecule has 0 fully saturated rings. The van der Waals surface area contributed by atoms with E-state index in [1.165, 1.54) is 0 Å². The summed E-state index contributed by atoms with van der Waals surface area (Å²) in [5, 5.41) is 10.8. The van der Waals surface area contributed by atoms with Crippen molar-refractivity contribution in [3.63, 3.8) is 0 Å². The summed E-state index contributed by atoms with van der Waals surface area (Å²) in [7, 11) is -4.24. The van der Waals surface area contributed by atoms with Gasteiger partial charge in [-0.15, -0.1) is 0 Å². The third-order valence-electron chi connectivity index (χ3n) is 7.30. The van der Waals surface area contributed by atoms with Crippen LogP contribution in [0.1, 0.15) is 88.6 Å². The fraction of sp³-hybridized carbons (Fsp3) is 0.760. The summed E-state index contributed by atoms with van der Waals surface area (Å²) in [4.78, 5) is 0. The van der Waals surface area contributed by atoms with E-state index in [1.54, 1.807) is 6.07 Å². The Labute approximate surface area is 188 Å². The van der Waals surface area contributed by atoms with E-state index < -0.39 is 16.6 Å². The molecule has 1 rings (SSSR count). The molecule has 0 saturated heterocycles. The van der Waals surface area contributed by atoms with E-state index in [-0.39, 0.29) is 5.75 Å². The summed E-state index contributed by atoms with van der Waals surface area (Å²) in [6.45, 7) is 29.4. The molecule has 0 unspecified atom stereocenters. The number of hydrogen-bond donors (Lipinski definition) is 1. The maximum absolute atomic E-state index is 10.8. The first kappa shape index (κ1) is 27.1. The molecule has 0 aliphatic heterocycles. The summed E-state index contributed by atoms with van der Waals surface area (Å²) < 4.78 is 13.8. The molecule has 0 saturated carbocycles. The van der Waals surface area contributed by atoms with E-state index in [2.05, 4.69) is 89.2 Å². The van der Waals surface area contributed by atoms with Gasteiger partial charge in [-0.05, 0) is 40.2 Å². The van der Waals surface area contributed by atoms with Gasteiger partial charge in [0.2, 0.25) is 0 Å². The average Bonchev–Trinajstić information content (AvgIpc) is 2.59. The standard InChI is InChI=1S/C25H48O3Si2/c1-16(2)29(17(3)4,18(5)6)27-23-14-24(26)22(13)25(15-23)28-30(19(7)8,20(9)10)21(11)12/h14-21,26H,1-13H3. The van der Waals surface area contributed by atoms with E-state index in [9.17, 15) is 5.11 Å². The van der Waals surface area contributed by atoms with Crippen LogP contribution in [-0.2, 0) is 0 Å². The molecule has 5 heteroatoms. The van der Waals surface area contributed by atoms with Crippen LogP contribution < -0.4 is 8.85 Å². The molecule has 174 valence electrons. The Hall–Kier alpha value is -0.946. The van der Waals surface area contributed by atoms with Gasteiger partial charge in [-0.25, -0.2) is 0 Å². The number of rotatable bonds is 10. The van der Waals surface area contributed by atoms with E-state index in [0.29, 0.717) is 33.2 Å². The second-order valence-corrected chi connectivity index (χ2v) is 21.7. The average molecular weight is 453 g/mol. The normalized spacial score (nSPS) is 13.4. The van der Waals surface area contributed by atoms with Gasteiger partial charge in [-0.1, -0.05) is 83.1 Å². The topological polar surface area (TPSA) is 38.7 Å². The molecule has 0 atom stereocenters. The quantitative estimate of drug-likeness (QED) is 0.360. The fourth-order valence-corrected chi connectivity index (χ4v) is 16.4. The van der Waals surface area contributed by atoms with Gasteiger partial charge in [0.05, 0.1) is 0 Å². The van der Waals surface area contributed by atoms with Gasteiger partial charge in [0.25, 0.3) is 16.6 Å². The largest absolute Gasteiger partial charge is 0.543 e. The minimum absolute atomic E-state index is 0.265. The van der Waals surface area contributed by atoms with Crippen molar-refractivity contribution in [3.05, 3.63) is 17.7 Å². The Kier molecular flexibility index (Phi) is 9.13. The molecule has 0 radical (unpaired) electrons. The van der Waals surface area contributed by atoms with Gasteiger partial charge >= 0.3 is 0 Å². The Balaban J connectivity index is 3.57. The van der Waals surface area contributed by atoms with Crippen molar-refractivity contribution in [2.45, 2.75) is 123 Å². The van der Waals surface area contributed by atoms with Gasteiger partial charge in [-0.2, -0.15) is 0 Å². The van der Waals surface area contributed by atoms with Crippen molar-refractivity contribution < 1.29 is 14.0 Å². The number of aromatic hydroxyl groups is 1. The van der Waals surface area contributed by atoms with Crippen LogP contribution in [0.15, 0.2) is 12.1 Å². The highest BCUT2D eigenvalue weighted by Gasteiger charge is 2.48. The molecular formula is C25H48O3Si2. The minimum atomic E-state index is -2.13. The highest BCUT2D eigenvalue weighted by atomic mass is 28.4. The third-order valence-corrected chi connectivity index (χ3v) is 19.3. The zero-order valence-electron chi connectivity index (χ0n) is 21.9. The molecule has 0 bridgehead atoms. The van der Waals surface area contributed by atoms with Crippen LogP contribution >= 0.6 is 0 Å². The fourth-order valence-electron chi connectivity index (χ4n) is 5.91. The highest BCUT2D eigenvalue weighted by molar-refractivity contribution is 6.78. The lowest BCUT2D eigenvalue weighted by atomic mass is 10.2. The lowest BCUT2D eigenvalue weighted by molar-refractivity contribution is 0.434. The molecule has 1 N–H and O–H groups in total. The van der Waals surface area contributed by atoms with E-state index in [0.717, 1.165) is 17.1 Å². The molecule has 0 aliphatic carbocycles. The maximum Gasteiger partial charge on any atom is 0.258 e. The summed E-state index contributed by atoms with van der Waals surface area (Å²) in [5.41, 5.74) is 3.65. The molecule has 1 aromatic carbocycles. The summed E-state index contributed by atoms with van der Waals surface area (Å²) >= 11 is 0. The molecule has 0 amide bonds. The zero-order valence-corrected chi connectivity index (χ0v) is 23.9. The lowest BCUT2D eigenvalue weighted by Crippen LogP contribution is -2.51. The van der Waals surface area contributed by atoms with Crippen molar-refractivity contribution in [1.29, 1.82) is 0 Å². The van der Waals surface area contributed by atoms with E-state index >= 15 is 0 Å². The Bertz CT molecular complexity index is 650. The van der Waals surface area contributed by atoms with E-state index in [1.807, 2.05) is 6.92 Å². The predicted octanol–water partition coefficient (Wildman–Crippen LogP) is 8.81.